The molecule has 0 radical (unpaired) electrons. The third-order valence-corrected chi connectivity index (χ3v) is 3.29. The highest BCUT2D eigenvalue weighted by molar-refractivity contribution is 5.95. The van der Waals surface area contributed by atoms with Gasteiger partial charge in [0.2, 0.25) is 0 Å². The number of nitrogen functional groups attached to an aromatic ring is 1. The van der Waals surface area contributed by atoms with Crippen LogP contribution < -0.4 is 16.6 Å². The summed E-state index contributed by atoms with van der Waals surface area (Å²) < 4.78 is 0. The van der Waals surface area contributed by atoms with Crippen molar-refractivity contribution in [2.75, 3.05) is 5.43 Å². The minimum absolute atomic E-state index is 0.0412. The summed E-state index contributed by atoms with van der Waals surface area (Å²) in [6, 6.07) is 3.85. The van der Waals surface area contributed by atoms with Crippen molar-refractivity contribution in [2.45, 2.75) is 45.1 Å². The number of amides is 1. The SMILES string of the molecule is CC(C)c1cc(C(=O)NC2CCC2)cc(NN)n1. The van der Waals surface area contributed by atoms with E-state index in [0.29, 0.717) is 17.4 Å². The molecule has 0 bridgehead atoms. The van der Waals surface area contributed by atoms with Gasteiger partial charge in [0.05, 0.1) is 0 Å². The Balaban J connectivity index is 2.19. The Hall–Kier alpha value is -1.62. The zero-order chi connectivity index (χ0) is 13.1. The van der Waals surface area contributed by atoms with Crippen molar-refractivity contribution in [2.24, 2.45) is 5.84 Å². The smallest absolute Gasteiger partial charge is 0.251 e. The van der Waals surface area contributed by atoms with E-state index in [1.807, 2.05) is 19.9 Å². The largest absolute Gasteiger partial charge is 0.349 e. The number of hydrogen-bond donors (Lipinski definition) is 3. The normalized spacial score (nSPS) is 15.3. The Bertz CT molecular complexity index is 441. The molecule has 1 aromatic rings. The number of carbonyl (C=O) groups excluding carboxylic acids is 1. The van der Waals surface area contributed by atoms with E-state index in [-0.39, 0.29) is 11.8 Å². The summed E-state index contributed by atoms with van der Waals surface area (Å²) in [4.78, 5) is 16.4. The molecule has 1 heterocycles. The monoisotopic (exact) mass is 248 g/mol. The minimum Gasteiger partial charge on any atom is -0.349 e. The fourth-order valence-corrected chi connectivity index (χ4v) is 1.87. The molecule has 5 nitrogen and oxygen atoms in total. The van der Waals surface area contributed by atoms with Gasteiger partial charge in [0.25, 0.3) is 5.91 Å². The highest BCUT2D eigenvalue weighted by atomic mass is 16.1. The lowest BCUT2D eigenvalue weighted by atomic mass is 9.93. The molecule has 18 heavy (non-hydrogen) atoms. The first-order valence-electron chi connectivity index (χ1n) is 6.39. The van der Waals surface area contributed by atoms with E-state index in [1.54, 1.807) is 6.07 Å². The van der Waals surface area contributed by atoms with E-state index in [1.165, 1.54) is 6.42 Å². The fourth-order valence-electron chi connectivity index (χ4n) is 1.87. The molecule has 0 spiro atoms. The van der Waals surface area contributed by atoms with Gasteiger partial charge in [-0.15, -0.1) is 0 Å². The summed E-state index contributed by atoms with van der Waals surface area (Å²) in [5, 5.41) is 3.01. The number of carbonyl (C=O) groups is 1. The Morgan fingerprint density at radius 3 is 2.67 bits per heavy atom. The molecule has 0 aromatic carbocycles. The summed E-state index contributed by atoms with van der Waals surface area (Å²) in [6.07, 6.45) is 3.36. The Kier molecular flexibility index (Phi) is 3.81. The van der Waals surface area contributed by atoms with Crippen LogP contribution in [0.15, 0.2) is 12.1 Å². The predicted octanol–water partition coefficient (Wildman–Crippen LogP) is 1.77. The Morgan fingerprint density at radius 1 is 1.44 bits per heavy atom. The second-order valence-electron chi connectivity index (χ2n) is 5.07. The van der Waals surface area contributed by atoms with E-state index in [2.05, 4.69) is 15.7 Å². The lowest BCUT2D eigenvalue weighted by Gasteiger charge is -2.26. The molecule has 0 aliphatic heterocycles. The van der Waals surface area contributed by atoms with Crippen LogP contribution in [-0.4, -0.2) is 16.9 Å². The first kappa shape index (κ1) is 12.8. The molecule has 1 aliphatic carbocycles. The number of aromatic nitrogens is 1. The van der Waals surface area contributed by atoms with Crippen molar-refractivity contribution in [1.82, 2.24) is 10.3 Å². The lowest BCUT2D eigenvalue weighted by molar-refractivity contribution is 0.0917. The van der Waals surface area contributed by atoms with Gasteiger partial charge in [-0.1, -0.05) is 13.8 Å². The third-order valence-electron chi connectivity index (χ3n) is 3.29. The van der Waals surface area contributed by atoms with Gasteiger partial charge in [0.15, 0.2) is 0 Å². The van der Waals surface area contributed by atoms with Gasteiger partial charge < -0.3 is 10.7 Å². The molecular weight excluding hydrogens is 228 g/mol. The predicted molar refractivity (Wildman–Crippen MR) is 71.2 cm³/mol. The van der Waals surface area contributed by atoms with E-state index in [9.17, 15) is 4.79 Å². The molecule has 4 N–H and O–H groups in total. The maximum Gasteiger partial charge on any atom is 0.251 e. The van der Waals surface area contributed by atoms with Crippen molar-refractivity contribution < 1.29 is 4.79 Å². The molecule has 1 fully saturated rings. The van der Waals surface area contributed by atoms with Crippen molar-refractivity contribution in [3.05, 3.63) is 23.4 Å². The summed E-state index contributed by atoms with van der Waals surface area (Å²) in [5.41, 5.74) is 3.99. The molecule has 1 amide bonds. The molecule has 0 unspecified atom stereocenters. The van der Waals surface area contributed by atoms with Gasteiger partial charge >= 0.3 is 0 Å². The number of rotatable bonds is 4. The summed E-state index contributed by atoms with van der Waals surface area (Å²) in [7, 11) is 0. The number of hydrogen-bond acceptors (Lipinski definition) is 4. The van der Waals surface area contributed by atoms with Crippen LogP contribution in [0, 0.1) is 0 Å². The number of anilines is 1. The van der Waals surface area contributed by atoms with Gasteiger partial charge in [-0.2, -0.15) is 0 Å². The van der Waals surface area contributed by atoms with Crippen LogP contribution in [0.2, 0.25) is 0 Å². The third kappa shape index (κ3) is 2.79. The first-order chi connectivity index (χ1) is 8.60. The highest BCUT2D eigenvalue weighted by Crippen LogP contribution is 2.20. The minimum atomic E-state index is -0.0412. The average molecular weight is 248 g/mol. The molecule has 2 rings (SSSR count). The van der Waals surface area contributed by atoms with Gasteiger partial charge in [-0.3, -0.25) is 4.79 Å². The van der Waals surface area contributed by atoms with E-state index in [4.69, 9.17) is 5.84 Å². The van der Waals surface area contributed by atoms with Gasteiger partial charge in [-0.05, 0) is 37.3 Å². The maximum absolute atomic E-state index is 12.1. The number of pyridine rings is 1. The summed E-state index contributed by atoms with van der Waals surface area (Å²) >= 11 is 0. The molecule has 1 aliphatic rings. The van der Waals surface area contributed by atoms with Crippen molar-refractivity contribution in [3.63, 3.8) is 0 Å². The van der Waals surface area contributed by atoms with Crippen LogP contribution in [-0.2, 0) is 0 Å². The molecule has 1 aromatic heterocycles. The zero-order valence-corrected chi connectivity index (χ0v) is 10.9. The van der Waals surface area contributed by atoms with Crippen molar-refractivity contribution in [1.29, 1.82) is 0 Å². The quantitative estimate of drug-likeness (QED) is 0.560. The van der Waals surface area contributed by atoms with Crippen molar-refractivity contribution in [3.8, 4) is 0 Å². The van der Waals surface area contributed by atoms with Crippen molar-refractivity contribution >= 4 is 11.7 Å². The standard InChI is InChI=1S/C13H20N4O/c1-8(2)11-6-9(7-12(16-11)17-14)13(18)15-10-4-3-5-10/h6-8,10H,3-5,14H2,1-2H3,(H,15,18)(H,16,17). The molecule has 0 atom stereocenters. The molecule has 5 heteroatoms. The number of nitrogens with one attached hydrogen (secondary N) is 2. The molecular formula is C13H20N4O. The van der Waals surface area contributed by atoms with Crippen LogP contribution in [0.4, 0.5) is 5.82 Å². The second kappa shape index (κ2) is 5.35. The Morgan fingerprint density at radius 2 is 2.17 bits per heavy atom. The van der Waals surface area contributed by atoms with Gasteiger partial charge in [-0.25, -0.2) is 10.8 Å². The van der Waals surface area contributed by atoms with Crippen LogP contribution in [0.25, 0.3) is 0 Å². The Labute approximate surface area is 107 Å². The topological polar surface area (TPSA) is 80.0 Å². The summed E-state index contributed by atoms with van der Waals surface area (Å²) in [5.74, 6) is 6.13. The van der Waals surface area contributed by atoms with Crippen LogP contribution in [0.5, 0.6) is 0 Å². The molecule has 1 saturated carbocycles. The van der Waals surface area contributed by atoms with Crippen LogP contribution in [0.3, 0.4) is 0 Å². The number of hydrazine groups is 1. The lowest BCUT2D eigenvalue weighted by Crippen LogP contribution is -2.39. The highest BCUT2D eigenvalue weighted by Gasteiger charge is 2.20. The van der Waals surface area contributed by atoms with E-state index < -0.39 is 0 Å². The molecule has 0 saturated heterocycles. The van der Waals surface area contributed by atoms with E-state index >= 15 is 0 Å². The number of nitrogens with two attached hydrogens (primary N) is 1. The summed E-state index contributed by atoms with van der Waals surface area (Å²) in [6.45, 7) is 4.08. The van der Waals surface area contributed by atoms with E-state index in [0.717, 1.165) is 18.5 Å². The maximum atomic E-state index is 12.1. The fraction of sp³-hybridized carbons (Fsp3) is 0.538. The molecule has 98 valence electrons. The van der Waals surface area contributed by atoms with Gasteiger partial charge in [0, 0.05) is 17.3 Å². The van der Waals surface area contributed by atoms with Crippen LogP contribution in [0.1, 0.15) is 55.1 Å². The zero-order valence-electron chi connectivity index (χ0n) is 10.9. The number of nitrogens with zero attached hydrogens (tertiary/aromatic N) is 1. The van der Waals surface area contributed by atoms with Crippen LogP contribution >= 0.6 is 0 Å². The average Bonchev–Trinajstić information content (AvgIpc) is 2.32. The first-order valence-corrected chi connectivity index (χ1v) is 6.39. The van der Waals surface area contributed by atoms with Gasteiger partial charge in [0.1, 0.15) is 5.82 Å². The second-order valence-corrected chi connectivity index (χ2v) is 5.07.